The molecular weight excluding hydrogens is 274 g/mol. The minimum atomic E-state index is 0.844. The Balaban J connectivity index is 1.45. The summed E-state index contributed by atoms with van der Waals surface area (Å²) in [7, 11) is 0. The molecule has 0 aliphatic carbocycles. The smallest absolute Gasteiger partial charge is 0.225 e. The van der Waals surface area contributed by atoms with Crippen LogP contribution >= 0.6 is 0 Å². The van der Waals surface area contributed by atoms with Crippen molar-refractivity contribution in [3.8, 4) is 0 Å². The van der Waals surface area contributed by atoms with Crippen molar-refractivity contribution in [1.82, 2.24) is 15.3 Å². The van der Waals surface area contributed by atoms with E-state index in [2.05, 4.69) is 43.3 Å². The third kappa shape index (κ3) is 2.64. The lowest BCUT2D eigenvalue weighted by Crippen LogP contribution is -2.47. The maximum atomic E-state index is 4.35. The van der Waals surface area contributed by atoms with Gasteiger partial charge in [0.2, 0.25) is 5.95 Å². The molecule has 1 fully saturated rings. The van der Waals surface area contributed by atoms with Crippen LogP contribution in [0.4, 0.5) is 11.6 Å². The molecule has 5 nitrogen and oxygen atoms in total. The number of fused-ring (bicyclic) bond motifs is 1. The van der Waals surface area contributed by atoms with Gasteiger partial charge < -0.3 is 15.1 Å². The summed E-state index contributed by atoms with van der Waals surface area (Å²) in [6, 6.07) is 8.80. The molecule has 114 valence electrons. The molecule has 1 aromatic heterocycles. The van der Waals surface area contributed by atoms with Gasteiger partial charge in [0.05, 0.1) is 0 Å². The van der Waals surface area contributed by atoms with Crippen LogP contribution in [0.1, 0.15) is 11.1 Å². The maximum Gasteiger partial charge on any atom is 0.225 e. The average molecular weight is 295 g/mol. The summed E-state index contributed by atoms with van der Waals surface area (Å²) in [6.45, 7) is 6.08. The predicted octanol–water partition coefficient (Wildman–Crippen LogP) is 1.45. The highest BCUT2D eigenvalue weighted by atomic mass is 15.3. The zero-order valence-electron chi connectivity index (χ0n) is 12.7. The first-order chi connectivity index (χ1) is 10.9. The Bertz CT molecular complexity index is 635. The lowest BCUT2D eigenvalue weighted by atomic mass is 10.00. The van der Waals surface area contributed by atoms with Crippen molar-refractivity contribution in [1.29, 1.82) is 0 Å². The summed E-state index contributed by atoms with van der Waals surface area (Å²) >= 11 is 0. The zero-order chi connectivity index (χ0) is 14.8. The summed E-state index contributed by atoms with van der Waals surface area (Å²) < 4.78 is 0. The molecule has 2 aliphatic heterocycles. The Labute approximate surface area is 131 Å². The normalized spacial score (nSPS) is 18.2. The number of anilines is 2. The Kier molecular flexibility index (Phi) is 3.64. The van der Waals surface area contributed by atoms with Gasteiger partial charge in [0, 0.05) is 50.8 Å². The molecule has 1 saturated heterocycles. The van der Waals surface area contributed by atoms with E-state index in [0.29, 0.717) is 0 Å². The molecule has 0 atom stereocenters. The van der Waals surface area contributed by atoms with E-state index in [1.165, 1.54) is 16.8 Å². The van der Waals surface area contributed by atoms with Crippen molar-refractivity contribution in [2.45, 2.75) is 13.0 Å². The summed E-state index contributed by atoms with van der Waals surface area (Å²) in [5.74, 6) is 0.844. The van der Waals surface area contributed by atoms with E-state index < -0.39 is 0 Å². The minimum absolute atomic E-state index is 0.844. The topological polar surface area (TPSA) is 44.3 Å². The summed E-state index contributed by atoms with van der Waals surface area (Å²) in [4.78, 5) is 13.4. The van der Waals surface area contributed by atoms with Gasteiger partial charge in [-0.15, -0.1) is 0 Å². The van der Waals surface area contributed by atoms with Gasteiger partial charge in [-0.25, -0.2) is 9.97 Å². The second-order valence-corrected chi connectivity index (χ2v) is 5.90. The summed E-state index contributed by atoms with van der Waals surface area (Å²) in [5.41, 5.74) is 4.30. The van der Waals surface area contributed by atoms with Crippen LogP contribution in [-0.4, -0.2) is 42.7 Å². The predicted molar refractivity (Wildman–Crippen MR) is 88.3 cm³/mol. The van der Waals surface area contributed by atoms with Gasteiger partial charge in [0.1, 0.15) is 0 Å². The van der Waals surface area contributed by atoms with Gasteiger partial charge in [-0.05, 0) is 42.3 Å². The number of nitrogens with zero attached hydrogens (tertiary/aromatic N) is 4. The molecule has 0 amide bonds. The first-order valence-electron chi connectivity index (χ1n) is 7.99. The van der Waals surface area contributed by atoms with Gasteiger partial charge in [-0.1, -0.05) is 6.07 Å². The van der Waals surface area contributed by atoms with E-state index >= 15 is 0 Å². The van der Waals surface area contributed by atoms with Gasteiger partial charge >= 0.3 is 0 Å². The van der Waals surface area contributed by atoms with Crippen molar-refractivity contribution < 1.29 is 0 Å². The Morgan fingerprint density at radius 1 is 0.909 bits per heavy atom. The van der Waals surface area contributed by atoms with Crippen LogP contribution in [-0.2, 0) is 13.0 Å². The van der Waals surface area contributed by atoms with Gasteiger partial charge in [0.15, 0.2) is 0 Å². The molecule has 0 spiro atoms. The third-order valence-electron chi connectivity index (χ3n) is 4.56. The van der Waals surface area contributed by atoms with Gasteiger partial charge in [-0.3, -0.25) is 0 Å². The molecule has 1 aromatic carbocycles. The van der Waals surface area contributed by atoms with Crippen molar-refractivity contribution in [2.24, 2.45) is 0 Å². The van der Waals surface area contributed by atoms with Crippen molar-refractivity contribution >= 4 is 11.6 Å². The van der Waals surface area contributed by atoms with Crippen molar-refractivity contribution in [2.75, 3.05) is 42.5 Å². The fourth-order valence-corrected chi connectivity index (χ4v) is 3.28. The number of hydrogen-bond donors (Lipinski definition) is 1. The fourth-order valence-electron chi connectivity index (χ4n) is 3.28. The molecule has 0 radical (unpaired) electrons. The Morgan fingerprint density at radius 2 is 1.68 bits per heavy atom. The molecule has 2 aromatic rings. The molecule has 0 saturated carbocycles. The quantitative estimate of drug-likeness (QED) is 0.908. The van der Waals surface area contributed by atoms with Crippen LogP contribution in [0.2, 0.25) is 0 Å². The number of rotatable bonds is 2. The van der Waals surface area contributed by atoms with E-state index in [1.807, 2.05) is 18.5 Å². The second-order valence-electron chi connectivity index (χ2n) is 5.90. The lowest BCUT2D eigenvalue weighted by molar-refractivity contribution is 0.631. The number of piperazine rings is 1. The van der Waals surface area contributed by atoms with Crippen LogP contribution in [0, 0.1) is 0 Å². The first kappa shape index (κ1) is 13.5. The highest BCUT2D eigenvalue weighted by Crippen LogP contribution is 2.23. The SMILES string of the molecule is c1cnc(N2CCN(c3ccc4c(c3)CNCC4)CC2)nc1. The lowest BCUT2D eigenvalue weighted by Gasteiger charge is -2.36. The first-order valence-corrected chi connectivity index (χ1v) is 7.99. The van der Waals surface area contributed by atoms with Gasteiger partial charge in [0.25, 0.3) is 0 Å². The summed E-state index contributed by atoms with van der Waals surface area (Å²) in [5, 5.41) is 3.46. The van der Waals surface area contributed by atoms with E-state index in [9.17, 15) is 0 Å². The molecule has 22 heavy (non-hydrogen) atoms. The van der Waals surface area contributed by atoms with Crippen molar-refractivity contribution in [3.63, 3.8) is 0 Å². The third-order valence-corrected chi connectivity index (χ3v) is 4.56. The fraction of sp³-hybridized carbons (Fsp3) is 0.412. The van der Waals surface area contributed by atoms with Crippen LogP contribution in [0.5, 0.6) is 0 Å². The summed E-state index contributed by atoms with van der Waals surface area (Å²) in [6.07, 6.45) is 4.77. The molecule has 3 heterocycles. The minimum Gasteiger partial charge on any atom is -0.368 e. The van der Waals surface area contributed by atoms with Crippen LogP contribution in [0.15, 0.2) is 36.7 Å². The maximum absolute atomic E-state index is 4.35. The Hall–Kier alpha value is -2.14. The monoisotopic (exact) mass is 295 g/mol. The highest BCUT2D eigenvalue weighted by Gasteiger charge is 2.20. The van der Waals surface area contributed by atoms with E-state index in [4.69, 9.17) is 0 Å². The van der Waals surface area contributed by atoms with Crippen molar-refractivity contribution in [3.05, 3.63) is 47.8 Å². The van der Waals surface area contributed by atoms with E-state index in [-0.39, 0.29) is 0 Å². The second kappa shape index (κ2) is 5.93. The molecule has 1 N–H and O–H groups in total. The van der Waals surface area contributed by atoms with Crippen LogP contribution in [0.3, 0.4) is 0 Å². The largest absolute Gasteiger partial charge is 0.368 e. The molecule has 0 bridgehead atoms. The standard InChI is InChI=1S/C17H21N5/c1-5-19-17(20-6-1)22-10-8-21(9-11-22)16-3-2-14-4-7-18-13-15(14)12-16/h1-3,5-6,12,18H,4,7-11,13H2. The molecular formula is C17H21N5. The van der Waals surface area contributed by atoms with E-state index in [0.717, 1.165) is 51.6 Å². The Morgan fingerprint density at radius 3 is 2.50 bits per heavy atom. The number of benzene rings is 1. The number of aromatic nitrogens is 2. The zero-order valence-corrected chi connectivity index (χ0v) is 12.7. The van der Waals surface area contributed by atoms with Crippen LogP contribution < -0.4 is 15.1 Å². The number of nitrogens with one attached hydrogen (secondary N) is 1. The molecule has 5 heteroatoms. The van der Waals surface area contributed by atoms with Gasteiger partial charge in [-0.2, -0.15) is 0 Å². The molecule has 4 rings (SSSR count). The molecule has 2 aliphatic rings. The molecule has 0 unspecified atom stereocenters. The average Bonchev–Trinajstić information content (AvgIpc) is 2.62. The highest BCUT2D eigenvalue weighted by molar-refractivity contribution is 5.53. The van der Waals surface area contributed by atoms with E-state index in [1.54, 1.807) is 0 Å². The van der Waals surface area contributed by atoms with Crippen LogP contribution in [0.25, 0.3) is 0 Å². The number of hydrogen-bond acceptors (Lipinski definition) is 5.